The molecule has 0 fully saturated rings. The molecule has 0 aliphatic carbocycles. The summed E-state index contributed by atoms with van der Waals surface area (Å²) in [6, 6.07) is 27.8. The molecular weight excluding hydrogens is 282 g/mol. The molecule has 0 atom stereocenters. The van der Waals surface area contributed by atoms with Crippen LogP contribution in [-0.4, -0.2) is 5.91 Å². The second-order valence-electron chi connectivity index (χ2n) is 5.54. The molecule has 23 heavy (non-hydrogen) atoms. The molecule has 0 aliphatic heterocycles. The van der Waals surface area contributed by atoms with E-state index >= 15 is 0 Å². The molecule has 2 heteroatoms. The van der Waals surface area contributed by atoms with Gasteiger partial charge < -0.3 is 5.32 Å². The third-order valence-electron chi connectivity index (χ3n) is 4.04. The van der Waals surface area contributed by atoms with E-state index in [0.29, 0.717) is 5.56 Å². The predicted molar refractivity (Wildman–Crippen MR) is 95.8 cm³/mol. The number of fused-ring (bicyclic) bond motifs is 3. The average Bonchev–Trinajstić information content (AvgIpc) is 2.62. The van der Waals surface area contributed by atoms with Gasteiger partial charge in [0, 0.05) is 11.3 Å². The molecular formula is C21H15NO. The number of carbonyl (C=O) groups excluding carboxylic acids is 1. The zero-order chi connectivity index (χ0) is 15.6. The van der Waals surface area contributed by atoms with E-state index in [-0.39, 0.29) is 5.91 Å². The first-order valence-electron chi connectivity index (χ1n) is 7.59. The van der Waals surface area contributed by atoms with Crippen LogP contribution in [0.25, 0.3) is 21.5 Å². The number of anilines is 1. The molecule has 1 amide bonds. The molecule has 110 valence electrons. The van der Waals surface area contributed by atoms with Gasteiger partial charge >= 0.3 is 0 Å². The molecule has 0 radical (unpaired) electrons. The zero-order valence-corrected chi connectivity index (χ0v) is 12.5. The van der Waals surface area contributed by atoms with E-state index in [1.54, 1.807) is 0 Å². The lowest BCUT2D eigenvalue weighted by Crippen LogP contribution is -2.11. The van der Waals surface area contributed by atoms with Gasteiger partial charge in [0.15, 0.2) is 0 Å². The minimum absolute atomic E-state index is 0.0919. The highest BCUT2D eigenvalue weighted by molar-refractivity contribution is 6.10. The Morgan fingerprint density at radius 1 is 0.652 bits per heavy atom. The largest absolute Gasteiger partial charge is 0.322 e. The maximum absolute atomic E-state index is 12.3. The molecule has 4 aromatic carbocycles. The summed E-state index contributed by atoms with van der Waals surface area (Å²) in [7, 11) is 0. The van der Waals surface area contributed by atoms with Crippen LogP contribution in [0.15, 0.2) is 84.9 Å². The SMILES string of the molecule is O=C(Nc1ccc2c(ccc3ccccc32)c1)c1ccccc1. The molecule has 0 heterocycles. The molecule has 1 N–H and O–H groups in total. The van der Waals surface area contributed by atoms with E-state index in [1.807, 2.05) is 54.6 Å². The van der Waals surface area contributed by atoms with Crippen molar-refractivity contribution < 1.29 is 4.79 Å². The van der Waals surface area contributed by atoms with E-state index < -0.39 is 0 Å². The molecule has 0 bridgehead atoms. The Hall–Kier alpha value is -3.13. The van der Waals surface area contributed by atoms with E-state index in [2.05, 4.69) is 35.6 Å². The van der Waals surface area contributed by atoms with E-state index in [9.17, 15) is 4.79 Å². The van der Waals surface area contributed by atoms with Gasteiger partial charge in [0.05, 0.1) is 0 Å². The standard InChI is InChI=1S/C21H15NO/c23-21(16-7-2-1-3-8-16)22-18-12-13-20-17(14-18)11-10-15-6-4-5-9-19(15)20/h1-14H,(H,22,23). The maximum atomic E-state index is 12.3. The van der Waals surface area contributed by atoms with Gasteiger partial charge in [-0.1, -0.05) is 60.7 Å². The summed E-state index contributed by atoms with van der Waals surface area (Å²) in [4.78, 5) is 12.3. The van der Waals surface area contributed by atoms with Crippen molar-refractivity contribution in [2.75, 3.05) is 5.32 Å². The van der Waals surface area contributed by atoms with Gasteiger partial charge in [-0.15, -0.1) is 0 Å². The highest BCUT2D eigenvalue weighted by Gasteiger charge is 2.06. The van der Waals surface area contributed by atoms with Crippen LogP contribution in [0.3, 0.4) is 0 Å². The average molecular weight is 297 g/mol. The number of rotatable bonds is 2. The van der Waals surface area contributed by atoms with Crippen molar-refractivity contribution in [2.24, 2.45) is 0 Å². The topological polar surface area (TPSA) is 29.1 Å². The lowest BCUT2D eigenvalue weighted by molar-refractivity contribution is 0.102. The Morgan fingerprint density at radius 2 is 1.35 bits per heavy atom. The van der Waals surface area contributed by atoms with Crippen molar-refractivity contribution >= 4 is 33.1 Å². The summed E-state index contributed by atoms with van der Waals surface area (Å²) in [5.41, 5.74) is 1.47. The summed E-state index contributed by atoms with van der Waals surface area (Å²) in [6.07, 6.45) is 0. The monoisotopic (exact) mass is 297 g/mol. The Balaban J connectivity index is 1.72. The molecule has 0 saturated heterocycles. The highest BCUT2D eigenvalue weighted by atomic mass is 16.1. The smallest absolute Gasteiger partial charge is 0.255 e. The summed E-state index contributed by atoms with van der Waals surface area (Å²) in [6.45, 7) is 0. The first kappa shape index (κ1) is 13.5. The second-order valence-corrected chi connectivity index (χ2v) is 5.54. The van der Waals surface area contributed by atoms with Crippen molar-refractivity contribution in [3.05, 3.63) is 90.5 Å². The van der Waals surface area contributed by atoms with E-state index in [4.69, 9.17) is 0 Å². The fourth-order valence-corrected chi connectivity index (χ4v) is 2.88. The molecule has 0 unspecified atom stereocenters. The van der Waals surface area contributed by atoms with Gasteiger partial charge in [0.2, 0.25) is 0 Å². The quantitative estimate of drug-likeness (QED) is 0.503. The van der Waals surface area contributed by atoms with Crippen LogP contribution in [0.5, 0.6) is 0 Å². The van der Waals surface area contributed by atoms with Gasteiger partial charge in [0.25, 0.3) is 5.91 Å². The normalized spacial score (nSPS) is 10.8. The summed E-state index contributed by atoms with van der Waals surface area (Å²) in [5, 5.41) is 7.73. The number of amides is 1. The van der Waals surface area contributed by atoms with Crippen LogP contribution in [0.4, 0.5) is 5.69 Å². The fraction of sp³-hybridized carbons (Fsp3) is 0. The van der Waals surface area contributed by atoms with Crippen LogP contribution in [0.1, 0.15) is 10.4 Å². The lowest BCUT2D eigenvalue weighted by Gasteiger charge is -2.08. The van der Waals surface area contributed by atoms with Crippen molar-refractivity contribution in [3.63, 3.8) is 0 Å². The summed E-state index contributed by atoms with van der Waals surface area (Å²) >= 11 is 0. The van der Waals surface area contributed by atoms with Crippen molar-refractivity contribution in [1.29, 1.82) is 0 Å². The molecule has 0 aliphatic rings. The minimum atomic E-state index is -0.0919. The van der Waals surface area contributed by atoms with Crippen LogP contribution in [0, 0.1) is 0 Å². The summed E-state index contributed by atoms with van der Waals surface area (Å²) in [5.74, 6) is -0.0919. The van der Waals surface area contributed by atoms with Gasteiger partial charge in [-0.3, -0.25) is 4.79 Å². The first-order chi connectivity index (χ1) is 11.3. The Kier molecular flexibility index (Phi) is 3.28. The lowest BCUT2D eigenvalue weighted by atomic mass is 10.0. The van der Waals surface area contributed by atoms with Gasteiger partial charge in [-0.2, -0.15) is 0 Å². The van der Waals surface area contributed by atoms with Crippen LogP contribution in [-0.2, 0) is 0 Å². The number of hydrogen-bond acceptors (Lipinski definition) is 1. The zero-order valence-electron chi connectivity index (χ0n) is 12.5. The van der Waals surface area contributed by atoms with Crippen LogP contribution < -0.4 is 5.32 Å². The van der Waals surface area contributed by atoms with Gasteiger partial charge in [-0.25, -0.2) is 0 Å². The van der Waals surface area contributed by atoms with E-state index in [0.717, 1.165) is 11.1 Å². The molecule has 0 spiro atoms. The van der Waals surface area contributed by atoms with Gasteiger partial charge in [-0.05, 0) is 45.8 Å². The Morgan fingerprint density at radius 3 is 2.22 bits per heavy atom. The third kappa shape index (κ3) is 2.55. The highest BCUT2D eigenvalue weighted by Crippen LogP contribution is 2.27. The number of carbonyl (C=O) groups is 1. The van der Waals surface area contributed by atoms with Gasteiger partial charge in [0.1, 0.15) is 0 Å². The maximum Gasteiger partial charge on any atom is 0.255 e. The Labute approximate surface area is 134 Å². The minimum Gasteiger partial charge on any atom is -0.322 e. The summed E-state index contributed by atoms with van der Waals surface area (Å²) < 4.78 is 0. The molecule has 4 rings (SSSR count). The second kappa shape index (κ2) is 5.58. The molecule has 0 saturated carbocycles. The Bertz CT molecular complexity index is 1010. The van der Waals surface area contributed by atoms with Crippen LogP contribution >= 0.6 is 0 Å². The molecule has 2 nitrogen and oxygen atoms in total. The third-order valence-corrected chi connectivity index (χ3v) is 4.04. The predicted octanol–water partition coefficient (Wildman–Crippen LogP) is 5.25. The van der Waals surface area contributed by atoms with Crippen molar-refractivity contribution in [1.82, 2.24) is 0 Å². The number of benzene rings is 4. The number of hydrogen-bond donors (Lipinski definition) is 1. The fourth-order valence-electron chi connectivity index (χ4n) is 2.88. The van der Waals surface area contributed by atoms with Crippen LogP contribution in [0.2, 0.25) is 0 Å². The molecule has 0 aromatic heterocycles. The first-order valence-corrected chi connectivity index (χ1v) is 7.59. The van der Waals surface area contributed by atoms with Crippen molar-refractivity contribution in [2.45, 2.75) is 0 Å². The molecule has 4 aromatic rings. The van der Waals surface area contributed by atoms with Crippen molar-refractivity contribution in [3.8, 4) is 0 Å². The van der Waals surface area contributed by atoms with E-state index in [1.165, 1.54) is 16.2 Å². The number of nitrogens with one attached hydrogen (secondary N) is 1.